The number of phenols is 1. The van der Waals surface area contributed by atoms with E-state index in [4.69, 9.17) is 0 Å². The molecule has 3 aliphatic carbocycles. The van der Waals surface area contributed by atoms with E-state index < -0.39 is 0 Å². The highest BCUT2D eigenvalue weighted by atomic mass is 16.3. The van der Waals surface area contributed by atoms with E-state index in [1.54, 1.807) is 0 Å². The van der Waals surface area contributed by atoms with Gasteiger partial charge in [0.2, 0.25) is 0 Å². The minimum atomic E-state index is -0.0883. The number of rotatable bonds is 0. The molecular weight excluding hydrogens is 248 g/mol. The molecular formula is C18H24O2. The van der Waals surface area contributed by atoms with Crippen molar-refractivity contribution in [2.45, 2.75) is 57.5 Å². The van der Waals surface area contributed by atoms with Crippen LogP contribution in [0, 0.1) is 17.3 Å². The van der Waals surface area contributed by atoms with Crippen LogP contribution in [0.15, 0.2) is 18.2 Å². The third-order valence-corrected chi connectivity index (χ3v) is 6.66. The molecule has 0 heterocycles. The number of hydrogen-bond donors (Lipinski definition) is 2. The summed E-state index contributed by atoms with van der Waals surface area (Å²) in [4.78, 5) is 0. The highest BCUT2D eigenvalue weighted by Gasteiger charge is 2.54. The number of fused-ring (bicyclic) bond motifs is 5. The lowest BCUT2D eigenvalue weighted by atomic mass is 9.55. The van der Waals surface area contributed by atoms with Gasteiger partial charge < -0.3 is 10.2 Å². The maximum Gasteiger partial charge on any atom is 0.115 e. The Bertz CT molecular complexity index is 538. The largest absolute Gasteiger partial charge is 0.508 e. The Morgan fingerprint density at radius 1 is 1.15 bits per heavy atom. The summed E-state index contributed by atoms with van der Waals surface area (Å²) in [7, 11) is 0. The predicted octanol–water partition coefficient (Wildman–Crippen LogP) is 3.61. The van der Waals surface area contributed by atoms with Crippen LogP contribution in [-0.2, 0) is 6.42 Å². The lowest BCUT2D eigenvalue weighted by Crippen LogP contribution is -2.43. The quantitative estimate of drug-likeness (QED) is 0.757. The van der Waals surface area contributed by atoms with Crippen molar-refractivity contribution < 1.29 is 10.2 Å². The summed E-state index contributed by atoms with van der Waals surface area (Å²) in [5.41, 5.74) is 2.99. The van der Waals surface area contributed by atoms with Crippen LogP contribution in [0.3, 0.4) is 0 Å². The van der Waals surface area contributed by atoms with Crippen molar-refractivity contribution >= 4 is 0 Å². The summed E-state index contributed by atoms with van der Waals surface area (Å²) in [6, 6.07) is 5.96. The summed E-state index contributed by atoms with van der Waals surface area (Å²) in [5.74, 6) is 2.49. The third-order valence-electron chi connectivity index (χ3n) is 6.66. The van der Waals surface area contributed by atoms with Crippen LogP contribution >= 0.6 is 0 Å². The molecule has 1 aromatic rings. The molecule has 2 saturated carbocycles. The second kappa shape index (κ2) is 4.24. The van der Waals surface area contributed by atoms with Crippen LogP contribution in [-0.4, -0.2) is 16.3 Å². The summed E-state index contributed by atoms with van der Waals surface area (Å²) in [6.45, 7) is 2.32. The van der Waals surface area contributed by atoms with Crippen LogP contribution in [0.5, 0.6) is 5.75 Å². The zero-order valence-electron chi connectivity index (χ0n) is 12.2. The van der Waals surface area contributed by atoms with Gasteiger partial charge in [-0.2, -0.15) is 0 Å². The smallest absolute Gasteiger partial charge is 0.115 e. The van der Waals surface area contributed by atoms with E-state index >= 15 is 0 Å². The maximum absolute atomic E-state index is 10.4. The van der Waals surface area contributed by atoms with Crippen molar-refractivity contribution in [1.29, 1.82) is 0 Å². The first-order valence-corrected chi connectivity index (χ1v) is 8.09. The fraction of sp³-hybridized carbons (Fsp3) is 0.667. The van der Waals surface area contributed by atoms with Gasteiger partial charge in [0.25, 0.3) is 0 Å². The number of phenolic OH excluding ortho intramolecular Hbond substituents is 1. The number of hydrogen-bond acceptors (Lipinski definition) is 2. The van der Waals surface area contributed by atoms with Crippen molar-refractivity contribution in [2.75, 3.05) is 0 Å². The van der Waals surface area contributed by atoms with Gasteiger partial charge >= 0.3 is 0 Å². The van der Waals surface area contributed by atoms with E-state index in [0.717, 1.165) is 25.2 Å². The van der Waals surface area contributed by atoms with E-state index in [1.807, 2.05) is 12.1 Å². The van der Waals surface area contributed by atoms with E-state index in [-0.39, 0.29) is 11.5 Å². The molecule has 0 amide bonds. The molecule has 4 rings (SSSR count). The monoisotopic (exact) mass is 272 g/mol. The Balaban J connectivity index is 1.71. The molecule has 20 heavy (non-hydrogen) atoms. The SMILES string of the molecule is CC12CCC3c4ccc(O)cc4CCC3[C@@H]1CCC2O. The highest BCUT2D eigenvalue weighted by Crippen LogP contribution is 2.60. The zero-order chi connectivity index (χ0) is 13.9. The third kappa shape index (κ3) is 1.60. The molecule has 0 aliphatic heterocycles. The van der Waals surface area contributed by atoms with Crippen LogP contribution in [0.1, 0.15) is 56.1 Å². The Morgan fingerprint density at radius 2 is 2.00 bits per heavy atom. The summed E-state index contributed by atoms with van der Waals surface area (Å²) < 4.78 is 0. The molecule has 0 aromatic heterocycles. The fourth-order valence-corrected chi connectivity index (χ4v) is 5.54. The van der Waals surface area contributed by atoms with E-state index in [0.29, 0.717) is 17.6 Å². The Hall–Kier alpha value is -1.02. The molecule has 2 nitrogen and oxygen atoms in total. The first-order chi connectivity index (χ1) is 9.59. The maximum atomic E-state index is 10.4. The van der Waals surface area contributed by atoms with Crippen LogP contribution < -0.4 is 0 Å². The molecule has 0 bridgehead atoms. The van der Waals surface area contributed by atoms with Crippen molar-refractivity contribution in [3.05, 3.63) is 29.3 Å². The van der Waals surface area contributed by atoms with Gasteiger partial charge in [0, 0.05) is 0 Å². The summed E-state index contributed by atoms with van der Waals surface area (Å²) in [6.07, 6.45) is 6.78. The van der Waals surface area contributed by atoms with Crippen molar-refractivity contribution in [3.8, 4) is 5.75 Å². The minimum Gasteiger partial charge on any atom is -0.508 e. The molecule has 0 spiro atoms. The molecule has 1 aromatic carbocycles. The zero-order valence-corrected chi connectivity index (χ0v) is 12.2. The molecule has 5 atom stereocenters. The summed E-state index contributed by atoms with van der Waals surface area (Å²) >= 11 is 0. The van der Waals surface area contributed by atoms with Gasteiger partial charge in [-0.25, -0.2) is 0 Å². The van der Waals surface area contributed by atoms with Crippen molar-refractivity contribution in [3.63, 3.8) is 0 Å². The van der Waals surface area contributed by atoms with Gasteiger partial charge in [-0.3, -0.25) is 0 Å². The molecule has 0 radical (unpaired) electrons. The first-order valence-electron chi connectivity index (χ1n) is 8.09. The number of benzene rings is 1. The molecule has 2 fully saturated rings. The van der Waals surface area contributed by atoms with Gasteiger partial charge in [-0.1, -0.05) is 13.0 Å². The first kappa shape index (κ1) is 12.7. The van der Waals surface area contributed by atoms with E-state index in [2.05, 4.69) is 13.0 Å². The summed E-state index contributed by atoms with van der Waals surface area (Å²) in [5, 5.41) is 20.0. The van der Waals surface area contributed by atoms with Gasteiger partial charge in [0.1, 0.15) is 5.75 Å². The number of aromatic hydroxyl groups is 1. The number of aryl methyl sites for hydroxylation is 1. The average molecular weight is 272 g/mol. The minimum absolute atomic E-state index is 0.0883. The van der Waals surface area contributed by atoms with Crippen molar-refractivity contribution in [2.24, 2.45) is 17.3 Å². The molecule has 2 heteroatoms. The Labute approximate surface area is 120 Å². The Morgan fingerprint density at radius 3 is 2.85 bits per heavy atom. The standard InChI is InChI=1S/C18H24O2/c1-18-9-8-14-13-5-3-12(19)10-11(13)2-4-15(14)16(18)6-7-17(18)20/h3,5,10,14-17,19-20H,2,4,6-9H2,1H3/t14?,15?,16-,17?,18?/m0/s1. The fourth-order valence-electron chi connectivity index (χ4n) is 5.54. The lowest BCUT2D eigenvalue weighted by Gasteiger charge is -2.50. The number of aliphatic hydroxyl groups is 1. The van der Waals surface area contributed by atoms with E-state index in [1.165, 1.54) is 30.4 Å². The van der Waals surface area contributed by atoms with Gasteiger partial charge in [-0.15, -0.1) is 0 Å². The normalized spacial score (nSPS) is 42.7. The van der Waals surface area contributed by atoms with Gasteiger partial charge in [0.15, 0.2) is 0 Å². The van der Waals surface area contributed by atoms with Crippen LogP contribution in [0.2, 0.25) is 0 Å². The van der Waals surface area contributed by atoms with Crippen LogP contribution in [0.25, 0.3) is 0 Å². The van der Waals surface area contributed by atoms with Crippen molar-refractivity contribution in [1.82, 2.24) is 0 Å². The average Bonchev–Trinajstić information content (AvgIpc) is 2.74. The molecule has 4 unspecified atom stereocenters. The Kier molecular flexibility index (Phi) is 2.69. The highest BCUT2D eigenvalue weighted by molar-refractivity contribution is 5.40. The topological polar surface area (TPSA) is 40.5 Å². The molecule has 2 N–H and O–H groups in total. The second-order valence-corrected chi connectivity index (χ2v) is 7.44. The lowest BCUT2D eigenvalue weighted by molar-refractivity contribution is -0.0226. The molecule has 108 valence electrons. The predicted molar refractivity (Wildman–Crippen MR) is 78.7 cm³/mol. The number of aliphatic hydroxyl groups excluding tert-OH is 1. The molecule has 3 aliphatic rings. The van der Waals surface area contributed by atoms with E-state index in [9.17, 15) is 10.2 Å². The van der Waals surface area contributed by atoms with Gasteiger partial charge in [-0.05, 0) is 85.0 Å². The second-order valence-electron chi connectivity index (χ2n) is 7.44. The van der Waals surface area contributed by atoms with Gasteiger partial charge in [0.05, 0.1) is 6.10 Å². The van der Waals surface area contributed by atoms with Crippen LogP contribution in [0.4, 0.5) is 0 Å². The molecule has 0 saturated heterocycles.